The molecule has 5 rings (SSSR count). The van der Waals surface area contributed by atoms with Crippen LogP contribution in [0.15, 0.2) is 78.4 Å². The summed E-state index contributed by atoms with van der Waals surface area (Å²) in [6.07, 6.45) is 0.713. The zero-order chi connectivity index (χ0) is 21.5. The Morgan fingerprint density at radius 3 is 2.48 bits per heavy atom. The number of benzene rings is 3. The lowest BCUT2D eigenvalue weighted by Crippen LogP contribution is -2.29. The molecule has 0 radical (unpaired) electrons. The van der Waals surface area contributed by atoms with Gasteiger partial charge in [0.15, 0.2) is 0 Å². The van der Waals surface area contributed by atoms with E-state index in [0.717, 1.165) is 11.3 Å². The van der Waals surface area contributed by atoms with Crippen LogP contribution in [0.25, 0.3) is 5.76 Å². The van der Waals surface area contributed by atoms with Crippen LogP contribution in [0.1, 0.15) is 22.7 Å². The summed E-state index contributed by atoms with van der Waals surface area (Å²) >= 11 is 0. The van der Waals surface area contributed by atoms with E-state index >= 15 is 0 Å². The maximum Gasteiger partial charge on any atom is 0.300 e. The molecule has 0 aliphatic carbocycles. The van der Waals surface area contributed by atoms with Crippen molar-refractivity contribution in [2.45, 2.75) is 12.5 Å². The molecule has 0 spiro atoms. The maximum absolute atomic E-state index is 13.1. The molecule has 2 N–H and O–H groups in total. The standard InChI is InChI=1S/C25H19NO5/c27-19-9-5-4-8-18(19)26-22(15-6-2-1-3-7-15)21(24(29)25(26)30)23(28)17-10-11-20-16(14-17)12-13-31-20/h1-11,14,22,27-28H,12-13H2/b23-21-. The molecule has 6 nitrogen and oxygen atoms in total. The molecule has 3 aromatic rings. The lowest BCUT2D eigenvalue weighted by Gasteiger charge is -2.26. The van der Waals surface area contributed by atoms with Gasteiger partial charge < -0.3 is 14.9 Å². The molecule has 1 amide bonds. The molecule has 6 heteroatoms. The largest absolute Gasteiger partial charge is 0.507 e. The average Bonchev–Trinajstić information content (AvgIpc) is 3.36. The quantitative estimate of drug-likeness (QED) is 0.386. The van der Waals surface area contributed by atoms with Crippen LogP contribution in [0.2, 0.25) is 0 Å². The van der Waals surface area contributed by atoms with Crippen LogP contribution in [0.3, 0.4) is 0 Å². The van der Waals surface area contributed by atoms with Crippen LogP contribution in [-0.2, 0) is 16.0 Å². The second-order valence-corrected chi connectivity index (χ2v) is 7.49. The van der Waals surface area contributed by atoms with Crippen molar-refractivity contribution in [3.8, 4) is 11.5 Å². The first kappa shape index (κ1) is 18.9. The summed E-state index contributed by atoms with van der Waals surface area (Å²) in [5, 5.41) is 21.6. The number of rotatable bonds is 3. The van der Waals surface area contributed by atoms with E-state index in [1.807, 2.05) is 6.07 Å². The number of aliphatic hydroxyl groups excluding tert-OH is 1. The summed E-state index contributed by atoms with van der Waals surface area (Å²) in [6, 6.07) is 19.7. The number of ether oxygens (including phenoxy) is 1. The zero-order valence-electron chi connectivity index (χ0n) is 16.5. The number of fused-ring (bicyclic) bond motifs is 1. The van der Waals surface area contributed by atoms with Crippen molar-refractivity contribution in [1.29, 1.82) is 0 Å². The minimum absolute atomic E-state index is 0.0154. The predicted molar refractivity (Wildman–Crippen MR) is 115 cm³/mol. The topological polar surface area (TPSA) is 87.1 Å². The number of aliphatic hydroxyl groups is 1. The molecule has 154 valence electrons. The highest BCUT2D eigenvalue weighted by atomic mass is 16.5. The lowest BCUT2D eigenvalue weighted by atomic mass is 9.94. The minimum atomic E-state index is -0.876. The molecule has 1 atom stereocenters. The van der Waals surface area contributed by atoms with Gasteiger partial charge in [0.1, 0.15) is 17.3 Å². The van der Waals surface area contributed by atoms with Gasteiger partial charge in [-0.3, -0.25) is 14.5 Å². The van der Waals surface area contributed by atoms with Gasteiger partial charge in [0.05, 0.1) is 23.9 Å². The number of Topliss-reactive ketones (excluding diaryl/α,β-unsaturated/α-hetero) is 1. The number of carbonyl (C=O) groups is 2. The Labute approximate surface area is 178 Å². The molecule has 1 fully saturated rings. The Kier molecular flexibility index (Phi) is 4.47. The number of hydrogen-bond donors (Lipinski definition) is 2. The van der Waals surface area contributed by atoms with Crippen LogP contribution in [0.5, 0.6) is 11.5 Å². The lowest BCUT2D eigenvalue weighted by molar-refractivity contribution is -0.132. The van der Waals surface area contributed by atoms with Gasteiger partial charge >= 0.3 is 0 Å². The molecule has 0 bridgehead atoms. The Hall–Kier alpha value is -4.06. The number of ketones is 1. The number of para-hydroxylation sites is 2. The normalized spacial score (nSPS) is 19.4. The monoisotopic (exact) mass is 413 g/mol. The molecule has 31 heavy (non-hydrogen) atoms. The van der Waals surface area contributed by atoms with Crippen LogP contribution in [0, 0.1) is 0 Å². The van der Waals surface area contributed by atoms with Crippen molar-refractivity contribution in [2.75, 3.05) is 11.5 Å². The highest BCUT2D eigenvalue weighted by Gasteiger charge is 2.47. The Morgan fingerprint density at radius 2 is 1.71 bits per heavy atom. The highest BCUT2D eigenvalue weighted by molar-refractivity contribution is 6.51. The molecule has 1 saturated heterocycles. The number of hydrogen-bond acceptors (Lipinski definition) is 5. The summed E-state index contributed by atoms with van der Waals surface area (Å²) < 4.78 is 5.52. The van der Waals surface area contributed by atoms with Gasteiger partial charge in [-0.05, 0) is 41.5 Å². The van der Waals surface area contributed by atoms with Crippen molar-refractivity contribution in [3.05, 3.63) is 95.1 Å². The van der Waals surface area contributed by atoms with Crippen molar-refractivity contribution in [3.63, 3.8) is 0 Å². The van der Waals surface area contributed by atoms with Gasteiger partial charge in [0.25, 0.3) is 11.7 Å². The third-order valence-electron chi connectivity index (χ3n) is 5.66. The molecule has 2 aliphatic heterocycles. The van der Waals surface area contributed by atoms with Gasteiger partial charge in [-0.1, -0.05) is 42.5 Å². The first-order valence-corrected chi connectivity index (χ1v) is 9.96. The van der Waals surface area contributed by atoms with Gasteiger partial charge in [-0.2, -0.15) is 0 Å². The summed E-state index contributed by atoms with van der Waals surface area (Å²) in [5.74, 6) is -1.22. The van der Waals surface area contributed by atoms with Gasteiger partial charge in [-0.25, -0.2) is 0 Å². The molecular formula is C25H19NO5. The number of phenols is 1. The summed E-state index contributed by atoms with van der Waals surface area (Å²) in [5.41, 5.74) is 2.23. The third-order valence-corrected chi connectivity index (χ3v) is 5.66. The average molecular weight is 413 g/mol. The fourth-order valence-electron chi connectivity index (χ4n) is 4.19. The maximum atomic E-state index is 13.1. The fraction of sp³-hybridized carbons (Fsp3) is 0.120. The summed E-state index contributed by atoms with van der Waals surface area (Å²) in [7, 11) is 0. The molecule has 2 heterocycles. The van der Waals surface area contributed by atoms with Gasteiger partial charge in [0.2, 0.25) is 0 Å². The van der Waals surface area contributed by atoms with E-state index in [9.17, 15) is 19.8 Å². The number of anilines is 1. The zero-order valence-corrected chi connectivity index (χ0v) is 16.5. The first-order valence-electron chi connectivity index (χ1n) is 9.96. The fourth-order valence-corrected chi connectivity index (χ4v) is 4.19. The number of aromatic hydroxyl groups is 1. The van der Waals surface area contributed by atoms with E-state index in [4.69, 9.17) is 4.74 Å². The SMILES string of the molecule is O=C1C(=O)N(c2ccccc2O)C(c2ccccc2)/C1=C(/O)c1ccc2c(c1)CCO2. The van der Waals surface area contributed by atoms with E-state index in [2.05, 4.69) is 0 Å². The number of carbonyl (C=O) groups excluding carboxylic acids is 2. The summed E-state index contributed by atoms with van der Waals surface area (Å²) in [4.78, 5) is 27.4. The molecular weight excluding hydrogens is 394 g/mol. The van der Waals surface area contributed by atoms with Gasteiger partial charge in [0, 0.05) is 12.0 Å². The Morgan fingerprint density at radius 1 is 0.968 bits per heavy atom. The van der Waals surface area contributed by atoms with Crippen molar-refractivity contribution >= 4 is 23.1 Å². The van der Waals surface area contributed by atoms with Gasteiger partial charge in [-0.15, -0.1) is 0 Å². The Balaban J connectivity index is 1.72. The van der Waals surface area contributed by atoms with E-state index in [-0.39, 0.29) is 22.8 Å². The molecule has 1 unspecified atom stereocenters. The number of phenolic OH excluding ortho intramolecular Hbond substituents is 1. The second kappa shape index (κ2) is 7.32. The smallest absolute Gasteiger partial charge is 0.300 e. The highest BCUT2D eigenvalue weighted by Crippen LogP contribution is 2.44. The van der Waals surface area contributed by atoms with E-state index in [1.165, 1.54) is 11.0 Å². The van der Waals surface area contributed by atoms with Crippen molar-refractivity contribution < 1.29 is 24.5 Å². The first-order chi connectivity index (χ1) is 15.1. The molecule has 3 aromatic carbocycles. The van der Waals surface area contributed by atoms with Crippen LogP contribution < -0.4 is 9.64 Å². The van der Waals surface area contributed by atoms with Crippen LogP contribution >= 0.6 is 0 Å². The number of amides is 1. The molecule has 0 saturated carbocycles. The van der Waals surface area contributed by atoms with Crippen molar-refractivity contribution in [2.24, 2.45) is 0 Å². The van der Waals surface area contributed by atoms with E-state index in [1.54, 1.807) is 60.7 Å². The Bertz CT molecular complexity index is 1230. The van der Waals surface area contributed by atoms with Crippen LogP contribution in [0.4, 0.5) is 5.69 Å². The van der Waals surface area contributed by atoms with E-state index < -0.39 is 17.7 Å². The van der Waals surface area contributed by atoms with E-state index in [0.29, 0.717) is 24.2 Å². The third kappa shape index (κ3) is 3.04. The second-order valence-electron chi connectivity index (χ2n) is 7.49. The minimum Gasteiger partial charge on any atom is -0.507 e. The predicted octanol–water partition coefficient (Wildman–Crippen LogP) is 3.95. The number of nitrogens with zero attached hydrogens (tertiary/aromatic N) is 1. The van der Waals surface area contributed by atoms with Crippen LogP contribution in [-0.4, -0.2) is 28.5 Å². The molecule has 2 aliphatic rings. The van der Waals surface area contributed by atoms with Crippen molar-refractivity contribution in [1.82, 2.24) is 0 Å². The summed E-state index contributed by atoms with van der Waals surface area (Å²) in [6.45, 7) is 0.571. The molecule has 0 aromatic heterocycles.